The van der Waals surface area contributed by atoms with Gasteiger partial charge in [0.05, 0.1) is 0 Å². The Bertz CT molecular complexity index is 1900. The summed E-state index contributed by atoms with van der Waals surface area (Å²) in [5.41, 5.74) is 0. The summed E-state index contributed by atoms with van der Waals surface area (Å²) in [6.07, 6.45) is 101. The van der Waals surface area contributed by atoms with Crippen LogP contribution in [0.3, 0.4) is 0 Å². The van der Waals surface area contributed by atoms with Crippen LogP contribution in [0.1, 0.15) is 252 Å². The second-order valence-corrected chi connectivity index (χ2v) is 20.5. The highest BCUT2D eigenvalue weighted by atomic mass is 16.6. The van der Waals surface area contributed by atoms with Gasteiger partial charge in [-0.2, -0.15) is 0 Å². The molecule has 0 heterocycles. The van der Waals surface area contributed by atoms with E-state index in [0.29, 0.717) is 19.3 Å². The van der Waals surface area contributed by atoms with Crippen molar-refractivity contribution in [2.45, 2.75) is 258 Å². The van der Waals surface area contributed by atoms with E-state index in [-0.39, 0.29) is 38.0 Å². The van der Waals surface area contributed by atoms with Crippen LogP contribution in [0.4, 0.5) is 0 Å². The molecule has 1 unspecified atom stereocenters. The molecule has 6 nitrogen and oxygen atoms in total. The summed E-state index contributed by atoms with van der Waals surface area (Å²) in [6, 6.07) is 0. The summed E-state index contributed by atoms with van der Waals surface area (Å²) in [5, 5.41) is 0. The van der Waals surface area contributed by atoms with E-state index in [1.165, 1.54) is 77.0 Å². The summed E-state index contributed by atoms with van der Waals surface area (Å²) in [5.74, 6) is -1.09. The lowest BCUT2D eigenvalue weighted by atomic mass is 10.0. The molecule has 0 aliphatic rings. The highest BCUT2D eigenvalue weighted by Gasteiger charge is 2.19. The minimum atomic E-state index is -0.853. The lowest BCUT2D eigenvalue weighted by molar-refractivity contribution is -0.166. The summed E-state index contributed by atoms with van der Waals surface area (Å²) in [4.78, 5) is 38.3. The van der Waals surface area contributed by atoms with Gasteiger partial charge in [0.2, 0.25) is 0 Å². The molecule has 0 aromatic heterocycles. The molecule has 0 rings (SSSR count). The second kappa shape index (κ2) is 67.0. The summed E-state index contributed by atoms with van der Waals surface area (Å²) in [6.45, 7) is 6.18. The van der Waals surface area contributed by atoms with Crippen molar-refractivity contribution < 1.29 is 28.6 Å². The minimum absolute atomic E-state index is 0.134. The number of rotatable bonds is 56. The molecule has 0 saturated carbocycles. The Hall–Kier alpha value is -5.49. The van der Waals surface area contributed by atoms with Crippen molar-refractivity contribution in [3.63, 3.8) is 0 Å². The SMILES string of the molecule is CC/C=C\C/C=C\C/C=C\C/C=C\C/C=C\C/C=C\CCC(=O)OC(COC(=O)CCC/C=C\C/C=C\C/C=C\C/C=C\C/C=C\CC)COC(=O)CCCCCCCCCCCCCCCC/C=C\C/C=C\C/C=C\C/C=C\CC. The van der Waals surface area contributed by atoms with Gasteiger partial charge >= 0.3 is 17.9 Å². The van der Waals surface area contributed by atoms with Gasteiger partial charge in [0.25, 0.3) is 0 Å². The third-order valence-corrected chi connectivity index (χ3v) is 12.9. The van der Waals surface area contributed by atoms with Crippen molar-refractivity contribution in [3.8, 4) is 0 Å². The standard InChI is InChI=1S/C75H116O6/c1-4-7-10-13-16-19-22-25-28-31-33-34-35-36-37-38-39-40-42-44-47-50-53-56-59-62-65-68-74(77)80-71-72(70-79-73(76)67-64-61-58-55-52-49-46-43-30-27-24-21-18-15-12-9-6-3)81-75(78)69-66-63-60-57-54-51-48-45-41-32-29-26-23-20-17-14-11-8-5-2/h7-12,16-21,25-30,33-34,41,45-46,49,51,54-55,58,60,63,72H,4-6,13-15,22-24,31-32,35-40,42-44,47-48,50,52-53,56-57,59,61-62,64-71H2,1-3H3/b10-7-,11-8-,12-9-,19-16-,20-17-,21-18-,28-25-,29-26-,30-27-,34-33-,45-41-,49-46-,54-51-,58-55-,63-60-. The second-order valence-electron chi connectivity index (χ2n) is 20.5. The number of unbranched alkanes of at least 4 members (excludes halogenated alkanes) is 15. The Labute approximate surface area is 497 Å². The molecule has 0 aliphatic carbocycles. The zero-order valence-corrected chi connectivity index (χ0v) is 51.7. The molecule has 0 bridgehead atoms. The van der Waals surface area contributed by atoms with Gasteiger partial charge in [-0.1, -0.05) is 280 Å². The number of carbonyl (C=O) groups is 3. The first-order valence-electron chi connectivity index (χ1n) is 32.3. The lowest BCUT2D eigenvalue weighted by Gasteiger charge is -2.18. The molecule has 0 aromatic carbocycles. The molecule has 0 aliphatic heterocycles. The first-order valence-corrected chi connectivity index (χ1v) is 32.3. The number of carbonyl (C=O) groups excluding carboxylic acids is 3. The van der Waals surface area contributed by atoms with Gasteiger partial charge in [0, 0.05) is 19.3 Å². The molecular weight excluding hydrogens is 997 g/mol. The van der Waals surface area contributed by atoms with E-state index >= 15 is 0 Å². The quantitative estimate of drug-likeness (QED) is 0.0261. The zero-order chi connectivity index (χ0) is 58.5. The van der Waals surface area contributed by atoms with E-state index in [1.54, 1.807) is 0 Å². The number of allylic oxidation sites excluding steroid dienone is 30. The molecule has 452 valence electrons. The van der Waals surface area contributed by atoms with E-state index in [0.717, 1.165) is 122 Å². The van der Waals surface area contributed by atoms with Crippen LogP contribution >= 0.6 is 0 Å². The fraction of sp³-hybridized carbons (Fsp3) is 0.560. The summed E-state index contributed by atoms with van der Waals surface area (Å²) >= 11 is 0. The molecule has 1 atom stereocenters. The van der Waals surface area contributed by atoms with E-state index in [1.807, 2.05) is 12.2 Å². The Morgan fingerprint density at radius 1 is 0.247 bits per heavy atom. The van der Waals surface area contributed by atoms with Gasteiger partial charge in [-0.15, -0.1) is 0 Å². The largest absolute Gasteiger partial charge is 0.462 e. The van der Waals surface area contributed by atoms with Crippen molar-refractivity contribution in [1.29, 1.82) is 0 Å². The van der Waals surface area contributed by atoms with Gasteiger partial charge in [-0.25, -0.2) is 0 Å². The molecule has 0 radical (unpaired) electrons. The molecule has 0 N–H and O–H groups in total. The molecule has 0 aromatic rings. The van der Waals surface area contributed by atoms with Crippen LogP contribution in [-0.4, -0.2) is 37.2 Å². The van der Waals surface area contributed by atoms with Crippen LogP contribution in [0.5, 0.6) is 0 Å². The average molecular weight is 1110 g/mol. The third-order valence-electron chi connectivity index (χ3n) is 12.9. The fourth-order valence-corrected chi connectivity index (χ4v) is 8.20. The first kappa shape index (κ1) is 75.5. The van der Waals surface area contributed by atoms with Crippen molar-refractivity contribution in [2.24, 2.45) is 0 Å². The minimum Gasteiger partial charge on any atom is -0.462 e. The van der Waals surface area contributed by atoms with Crippen molar-refractivity contribution in [1.82, 2.24) is 0 Å². The van der Waals surface area contributed by atoms with Crippen molar-refractivity contribution in [2.75, 3.05) is 13.2 Å². The predicted molar refractivity (Wildman–Crippen MR) is 352 cm³/mol. The van der Waals surface area contributed by atoms with Gasteiger partial charge in [-0.3, -0.25) is 14.4 Å². The van der Waals surface area contributed by atoms with Crippen LogP contribution in [0.15, 0.2) is 182 Å². The number of hydrogen-bond donors (Lipinski definition) is 0. The number of hydrogen-bond acceptors (Lipinski definition) is 6. The molecular formula is C75H116O6. The average Bonchev–Trinajstić information content (AvgIpc) is 3.47. The summed E-state index contributed by atoms with van der Waals surface area (Å²) in [7, 11) is 0. The normalized spacial score (nSPS) is 13.4. The van der Waals surface area contributed by atoms with Crippen LogP contribution in [-0.2, 0) is 28.6 Å². The monoisotopic (exact) mass is 1110 g/mol. The van der Waals surface area contributed by atoms with E-state index in [4.69, 9.17) is 14.2 Å². The topological polar surface area (TPSA) is 78.9 Å². The van der Waals surface area contributed by atoms with Gasteiger partial charge in [0.1, 0.15) is 13.2 Å². The lowest BCUT2D eigenvalue weighted by Crippen LogP contribution is -2.30. The maximum atomic E-state index is 12.9. The van der Waals surface area contributed by atoms with Gasteiger partial charge in [-0.05, 0) is 135 Å². The molecule has 0 fully saturated rings. The highest BCUT2D eigenvalue weighted by molar-refractivity contribution is 5.71. The molecule has 0 spiro atoms. The van der Waals surface area contributed by atoms with Crippen LogP contribution in [0, 0.1) is 0 Å². The molecule has 81 heavy (non-hydrogen) atoms. The first-order chi connectivity index (χ1) is 40.0. The Balaban J connectivity index is 4.50. The molecule has 6 heteroatoms. The summed E-state index contributed by atoms with van der Waals surface area (Å²) < 4.78 is 16.8. The van der Waals surface area contributed by atoms with Crippen molar-refractivity contribution in [3.05, 3.63) is 182 Å². The third kappa shape index (κ3) is 65.2. The molecule has 0 amide bonds. The highest BCUT2D eigenvalue weighted by Crippen LogP contribution is 2.15. The molecule has 0 saturated heterocycles. The maximum Gasteiger partial charge on any atom is 0.306 e. The maximum absolute atomic E-state index is 12.9. The zero-order valence-electron chi connectivity index (χ0n) is 51.7. The van der Waals surface area contributed by atoms with Crippen LogP contribution in [0.25, 0.3) is 0 Å². The van der Waals surface area contributed by atoms with E-state index in [2.05, 4.69) is 191 Å². The van der Waals surface area contributed by atoms with E-state index in [9.17, 15) is 14.4 Å². The van der Waals surface area contributed by atoms with E-state index < -0.39 is 12.1 Å². The predicted octanol–water partition coefficient (Wildman–Crippen LogP) is 22.4. The Morgan fingerprint density at radius 2 is 0.481 bits per heavy atom. The Morgan fingerprint density at radius 3 is 0.790 bits per heavy atom. The van der Waals surface area contributed by atoms with Gasteiger partial charge in [0.15, 0.2) is 6.10 Å². The van der Waals surface area contributed by atoms with Crippen LogP contribution in [0.2, 0.25) is 0 Å². The van der Waals surface area contributed by atoms with Gasteiger partial charge < -0.3 is 14.2 Å². The van der Waals surface area contributed by atoms with Crippen LogP contribution < -0.4 is 0 Å². The van der Waals surface area contributed by atoms with Crippen molar-refractivity contribution >= 4 is 17.9 Å². The smallest absolute Gasteiger partial charge is 0.306 e. The number of esters is 3. The number of ether oxygens (including phenoxy) is 3. The Kier molecular flexibility index (Phi) is 62.5. The fourth-order valence-electron chi connectivity index (χ4n) is 8.20.